The number of rotatable bonds is 7. The van der Waals surface area contributed by atoms with Gasteiger partial charge in [-0.05, 0) is 48.3 Å². The Kier molecular flexibility index (Phi) is 6.64. The molecule has 0 fully saturated rings. The maximum Gasteiger partial charge on any atom is 0.263 e. The summed E-state index contributed by atoms with van der Waals surface area (Å²) in [5, 5.41) is 3.46. The number of hydrogen-bond acceptors (Lipinski definition) is 5. The summed E-state index contributed by atoms with van der Waals surface area (Å²) in [7, 11) is -3.64. The van der Waals surface area contributed by atoms with Crippen molar-refractivity contribution in [2.24, 2.45) is 4.99 Å². The number of halogens is 1. The minimum absolute atomic E-state index is 0.178. The number of nitrogens with zero attached hydrogens (tertiary/aromatic N) is 1. The lowest BCUT2D eigenvalue weighted by molar-refractivity contribution is -0.122. The van der Waals surface area contributed by atoms with Gasteiger partial charge in [-0.15, -0.1) is 0 Å². The normalized spacial score (nSPS) is 17.0. The summed E-state index contributed by atoms with van der Waals surface area (Å²) in [5.74, 6) is 0.671. The van der Waals surface area contributed by atoms with Crippen LogP contribution >= 0.6 is 23.4 Å². The molecule has 0 spiro atoms. The molecule has 2 aromatic rings. The van der Waals surface area contributed by atoms with E-state index in [1.165, 1.54) is 6.07 Å². The zero-order chi connectivity index (χ0) is 20.1. The lowest BCUT2D eigenvalue weighted by Crippen LogP contribution is -2.35. The van der Waals surface area contributed by atoms with Crippen LogP contribution in [0.15, 0.2) is 58.4 Å². The van der Waals surface area contributed by atoms with Crippen LogP contribution in [-0.4, -0.2) is 38.2 Å². The van der Waals surface area contributed by atoms with Gasteiger partial charge in [0.25, 0.3) is 10.0 Å². The second-order valence-electron chi connectivity index (χ2n) is 6.22. The zero-order valence-corrected chi connectivity index (χ0v) is 17.6. The molecular formula is C19H20ClN3O3S2. The van der Waals surface area contributed by atoms with Crippen molar-refractivity contribution in [3.8, 4) is 0 Å². The Labute approximate surface area is 173 Å². The second-order valence-corrected chi connectivity index (χ2v) is 9.30. The van der Waals surface area contributed by atoms with Crippen LogP contribution in [0.1, 0.15) is 17.5 Å². The van der Waals surface area contributed by atoms with Crippen molar-refractivity contribution >= 4 is 45.1 Å². The second kappa shape index (κ2) is 8.98. The van der Waals surface area contributed by atoms with E-state index in [1.54, 1.807) is 42.1 Å². The number of fused-ring (bicyclic) bond motifs is 1. The van der Waals surface area contributed by atoms with Crippen molar-refractivity contribution in [1.29, 1.82) is 0 Å². The quantitative estimate of drug-likeness (QED) is 0.697. The molecule has 0 radical (unpaired) electrons. The smallest absolute Gasteiger partial charge is 0.263 e. The maximum absolute atomic E-state index is 12.7. The van der Waals surface area contributed by atoms with E-state index in [2.05, 4.69) is 15.0 Å². The van der Waals surface area contributed by atoms with Gasteiger partial charge in [0.2, 0.25) is 5.91 Å². The highest BCUT2D eigenvalue weighted by atomic mass is 35.5. The molecule has 0 aliphatic carbocycles. The average Bonchev–Trinajstić information content (AvgIpc) is 2.94. The van der Waals surface area contributed by atoms with Gasteiger partial charge in [0.15, 0.2) is 0 Å². The van der Waals surface area contributed by atoms with Crippen LogP contribution in [0.5, 0.6) is 0 Å². The number of carbonyl (C=O) groups excluding carboxylic acids is 1. The van der Waals surface area contributed by atoms with Crippen molar-refractivity contribution < 1.29 is 13.2 Å². The van der Waals surface area contributed by atoms with E-state index >= 15 is 0 Å². The standard InChI is InChI=1S/C19H20ClN3O3S2/c1-27-10-9-16(19(24)21-12-13-5-4-6-14(20)11-13)22-18-15-7-2-3-8-17(15)28(25,26)23-18/h2-8,11,16H,9-10,12H2,1H3,(H,21,24)(H,22,23)/t16-/m0/s1. The molecule has 0 unspecified atom stereocenters. The van der Waals surface area contributed by atoms with Crippen LogP contribution < -0.4 is 10.0 Å². The summed E-state index contributed by atoms with van der Waals surface area (Å²) >= 11 is 7.58. The predicted molar refractivity (Wildman–Crippen MR) is 113 cm³/mol. The average molecular weight is 438 g/mol. The fourth-order valence-electron chi connectivity index (χ4n) is 2.82. The van der Waals surface area contributed by atoms with E-state index in [4.69, 9.17) is 11.6 Å². The number of carbonyl (C=O) groups is 1. The first kappa shape index (κ1) is 20.7. The summed E-state index contributed by atoms with van der Waals surface area (Å²) in [6.45, 7) is 0.322. The number of nitrogens with one attached hydrogen (secondary N) is 2. The van der Waals surface area contributed by atoms with Crippen molar-refractivity contribution in [2.45, 2.75) is 23.9 Å². The van der Waals surface area contributed by atoms with E-state index in [0.29, 0.717) is 23.6 Å². The third kappa shape index (κ3) is 4.87. The SMILES string of the molecule is CSCC[C@H](N=C1NS(=O)(=O)c2ccccc21)C(=O)NCc1cccc(Cl)c1. The molecule has 28 heavy (non-hydrogen) atoms. The molecule has 1 aliphatic rings. The lowest BCUT2D eigenvalue weighted by atomic mass is 10.1. The lowest BCUT2D eigenvalue weighted by Gasteiger charge is -2.14. The van der Waals surface area contributed by atoms with Crippen LogP contribution in [0.3, 0.4) is 0 Å². The van der Waals surface area contributed by atoms with Gasteiger partial charge in [-0.25, -0.2) is 8.42 Å². The third-order valence-electron chi connectivity index (χ3n) is 4.20. The number of aliphatic imine (C=N–C) groups is 1. The molecule has 148 valence electrons. The highest BCUT2D eigenvalue weighted by Gasteiger charge is 2.31. The topological polar surface area (TPSA) is 87.6 Å². The number of thioether (sulfide) groups is 1. The van der Waals surface area contributed by atoms with Crippen LogP contribution in [0.2, 0.25) is 5.02 Å². The van der Waals surface area contributed by atoms with Gasteiger partial charge in [0.05, 0.1) is 4.90 Å². The Morgan fingerprint density at radius 3 is 2.79 bits per heavy atom. The van der Waals surface area contributed by atoms with E-state index in [9.17, 15) is 13.2 Å². The fourth-order valence-corrected chi connectivity index (χ4v) is 4.73. The monoisotopic (exact) mass is 437 g/mol. The molecule has 6 nitrogen and oxygen atoms in total. The highest BCUT2D eigenvalue weighted by molar-refractivity contribution is 7.98. The molecule has 0 aromatic heterocycles. The first-order valence-electron chi connectivity index (χ1n) is 8.62. The number of benzene rings is 2. The van der Waals surface area contributed by atoms with Crippen molar-refractivity contribution in [1.82, 2.24) is 10.0 Å². The van der Waals surface area contributed by atoms with E-state index in [1.807, 2.05) is 18.4 Å². The van der Waals surface area contributed by atoms with Crippen LogP contribution in [0.25, 0.3) is 0 Å². The zero-order valence-electron chi connectivity index (χ0n) is 15.2. The van der Waals surface area contributed by atoms with Gasteiger partial charge in [0, 0.05) is 17.1 Å². The van der Waals surface area contributed by atoms with E-state index in [0.717, 1.165) is 11.3 Å². The minimum Gasteiger partial charge on any atom is -0.350 e. The number of hydrogen-bond donors (Lipinski definition) is 2. The largest absolute Gasteiger partial charge is 0.350 e. The van der Waals surface area contributed by atoms with Crippen molar-refractivity contribution in [3.63, 3.8) is 0 Å². The summed E-state index contributed by atoms with van der Waals surface area (Å²) in [6, 6.07) is 13.1. The van der Waals surface area contributed by atoms with Gasteiger partial charge in [0.1, 0.15) is 11.9 Å². The number of amidine groups is 1. The molecule has 2 N–H and O–H groups in total. The summed E-state index contributed by atoms with van der Waals surface area (Å²) in [5.41, 5.74) is 1.36. The molecular weight excluding hydrogens is 418 g/mol. The Morgan fingerprint density at radius 1 is 1.25 bits per heavy atom. The molecule has 3 rings (SSSR count). The fraction of sp³-hybridized carbons (Fsp3) is 0.263. The molecule has 0 bridgehead atoms. The molecule has 1 amide bonds. The van der Waals surface area contributed by atoms with Gasteiger partial charge in [-0.2, -0.15) is 11.8 Å². The third-order valence-corrected chi connectivity index (χ3v) is 6.48. The van der Waals surface area contributed by atoms with Gasteiger partial charge in [-0.1, -0.05) is 35.9 Å². The molecule has 0 saturated heterocycles. The predicted octanol–water partition coefficient (Wildman–Crippen LogP) is 2.82. The van der Waals surface area contributed by atoms with Gasteiger partial charge in [-0.3, -0.25) is 14.5 Å². The van der Waals surface area contributed by atoms with E-state index in [-0.39, 0.29) is 16.6 Å². The molecule has 9 heteroatoms. The number of amides is 1. The Bertz CT molecular complexity index is 1010. The first-order valence-corrected chi connectivity index (χ1v) is 11.9. The molecule has 1 aliphatic heterocycles. The van der Waals surface area contributed by atoms with Crippen LogP contribution in [0, 0.1) is 0 Å². The highest BCUT2D eigenvalue weighted by Crippen LogP contribution is 2.23. The Balaban J connectivity index is 1.80. The molecule has 0 saturated carbocycles. The van der Waals surface area contributed by atoms with Crippen LogP contribution in [0.4, 0.5) is 0 Å². The Hall–Kier alpha value is -2.03. The van der Waals surface area contributed by atoms with E-state index < -0.39 is 16.1 Å². The minimum atomic E-state index is -3.64. The maximum atomic E-state index is 12.7. The van der Waals surface area contributed by atoms with Gasteiger partial charge < -0.3 is 5.32 Å². The van der Waals surface area contributed by atoms with Crippen LogP contribution in [-0.2, 0) is 21.4 Å². The van der Waals surface area contributed by atoms with Gasteiger partial charge >= 0.3 is 0 Å². The molecule has 1 atom stereocenters. The summed E-state index contributed by atoms with van der Waals surface area (Å²) in [4.78, 5) is 17.4. The molecule has 2 aromatic carbocycles. The van der Waals surface area contributed by atoms with Crippen molar-refractivity contribution in [3.05, 3.63) is 64.7 Å². The molecule has 1 heterocycles. The first-order chi connectivity index (χ1) is 13.4. The van der Waals surface area contributed by atoms with Crippen molar-refractivity contribution in [2.75, 3.05) is 12.0 Å². The summed E-state index contributed by atoms with van der Waals surface area (Å²) in [6.07, 6.45) is 2.44. The summed E-state index contributed by atoms with van der Waals surface area (Å²) < 4.78 is 27.0. The Morgan fingerprint density at radius 2 is 2.04 bits per heavy atom. The number of sulfonamides is 1.